The average Bonchev–Trinajstić information content (AvgIpc) is 3.29. The molecule has 3 rings (SSSR count). The van der Waals surface area contributed by atoms with Gasteiger partial charge in [0.15, 0.2) is 10.6 Å². The van der Waals surface area contributed by atoms with Crippen LogP contribution in [-0.2, 0) is 16.6 Å². The van der Waals surface area contributed by atoms with Crippen molar-refractivity contribution in [2.45, 2.75) is 58.8 Å². The molecule has 0 aliphatic carbocycles. The summed E-state index contributed by atoms with van der Waals surface area (Å²) in [5, 5.41) is 13.6. The Morgan fingerprint density at radius 2 is 1.79 bits per heavy atom. The molecule has 0 aliphatic heterocycles. The number of methoxy groups -OCH3 is 1. The highest BCUT2D eigenvalue weighted by molar-refractivity contribution is 7.90. The first-order chi connectivity index (χ1) is 18.1. The van der Waals surface area contributed by atoms with Crippen LogP contribution in [0, 0.1) is 12.3 Å². The number of anilines is 1. The van der Waals surface area contributed by atoms with Crippen molar-refractivity contribution in [2.24, 2.45) is 5.41 Å². The minimum Gasteiger partial charge on any atom is -0.612 e. The molecule has 0 saturated carbocycles. The van der Waals surface area contributed by atoms with Crippen molar-refractivity contribution >= 4 is 28.9 Å². The standard InChI is InChI=1S/C28H37N5O5S/c1-17-10-11-18(12-21(17)33-15-23(31-32-33)38-26(35)29-16-27(2,3)4)25(34)30-20-13-19(28(5,6)7)14-22(39(9)36)24(20)37-8/h10-15H,16H2,1-9H3,(H,29,35)(H,30,34). The molecular formula is C28H37N5O5S. The summed E-state index contributed by atoms with van der Waals surface area (Å²) in [6, 6.07) is 8.84. The molecule has 10 nitrogen and oxygen atoms in total. The number of benzene rings is 2. The minimum atomic E-state index is -1.33. The first-order valence-electron chi connectivity index (χ1n) is 12.5. The Kier molecular flexibility index (Phi) is 8.97. The van der Waals surface area contributed by atoms with E-state index in [-0.39, 0.29) is 22.6 Å². The zero-order valence-electron chi connectivity index (χ0n) is 24.0. The second-order valence-corrected chi connectivity index (χ2v) is 12.9. The summed E-state index contributed by atoms with van der Waals surface area (Å²) in [5.41, 5.74) is 2.78. The fraction of sp³-hybridized carbons (Fsp3) is 0.429. The maximum absolute atomic E-state index is 13.4. The van der Waals surface area contributed by atoms with Gasteiger partial charge in [0.05, 0.1) is 24.7 Å². The molecule has 2 amide bonds. The molecule has 39 heavy (non-hydrogen) atoms. The van der Waals surface area contributed by atoms with E-state index in [1.165, 1.54) is 18.0 Å². The lowest BCUT2D eigenvalue weighted by Crippen LogP contribution is -2.34. The Balaban J connectivity index is 1.87. The van der Waals surface area contributed by atoms with Gasteiger partial charge in [0.2, 0.25) is 0 Å². The number of carbonyl (C=O) groups is 2. The molecule has 1 aromatic heterocycles. The van der Waals surface area contributed by atoms with Gasteiger partial charge >= 0.3 is 6.09 Å². The van der Waals surface area contributed by atoms with Crippen LogP contribution in [0.3, 0.4) is 0 Å². The molecule has 3 aromatic rings. The van der Waals surface area contributed by atoms with Crippen LogP contribution in [0.25, 0.3) is 5.69 Å². The van der Waals surface area contributed by atoms with E-state index in [4.69, 9.17) is 9.47 Å². The number of rotatable bonds is 7. The summed E-state index contributed by atoms with van der Waals surface area (Å²) in [6.45, 7) is 14.4. The van der Waals surface area contributed by atoms with Crippen molar-refractivity contribution in [2.75, 3.05) is 25.2 Å². The first-order valence-corrected chi connectivity index (χ1v) is 14.0. The highest BCUT2D eigenvalue weighted by Crippen LogP contribution is 2.38. The molecule has 2 aromatic carbocycles. The monoisotopic (exact) mass is 555 g/mol. The molecule has 1 unspecified atom stereocenters. The van der Waals surface area contributed by atoms with E-state index in [1.54, 1.807) is 24.5 Å². The van der Waals surface area contributed by atoms with Gasteiger partial charge in [0.25, 0.3) is 11.8 Å². The second-order valence-electron chi connectivity index (χ2n) is 11.5. The molecule has 1 heterocycles. The van der Waals surface area contributed by atoms with Crippen molar-refractivity contribution < 1.29 is 23.6 Å². The quantitative estimate of drug-likeness (QED) is 0.392. The van der Waals surface area contributed by atoms with Crippen molar-refractivity contribution in [3.8, 4) is 17.3 Å². The molecule has 0 radical (unpaired) electrons. The third kappa shape index (κ3) is 7.73. The maximum Gasteiger partial charge on any atom is 0.414 e. The molecule has 11 heteroatoms. The lowest BCUT2D eigenvalue weighted by Gasteiger charge is -2.23. The van der Waals surface area contributed by atoms with Gasteiger partial charge in [-0.25, -0.2) is 9.48 Å². The average molecular weight is 556 g/mol. The first kappa shape index (κ1) is 30.0. The smallest absolute Gasteiger partial charge is 0.414 e. The fourth-order valence-corrected chi connectivity index (χ4v) is 4.37. The third-order valence-corrected chi connectivity index (χ3v) is 6.76. The molecule has 1 atom stereocenters. The lowest BCUT2D eigenvalue weighted by atomic mass is 9.86. The summed E-state index contributed by atoms with van der Waals surface area (Å²) >= 11 is -1.33. The zero-order valence-corrected chi connectivity index (χ0v) is 24.8. The van der Waals surface area contributed by atoms with Crippen LogP contribution in [0.15, 0.2) is 41.4 Å². The van der Waals surface area contributed by atoms with Crippen molar-refractivity contribution in [3.05, 3.63) is 53.2 Å². The number of aryl methyl sites for hydroxylation is 1. The van der Waals surface area contributed by atoms with Crippen molar-refractivity contribution in [1.29, 1.82) is 0 Å². The Bertz CT molecular complexity index is 1360. The summed E-state index contributed by atoms with van der Waals surface area (Å²) in [5.74, 6) is -0.00148. The second kappa shape index (κ2) is 11.7. The van der Waals surface area contributed by atoms with Gasteiger partial charge in [-0.3, -0.25) is 4.79 Å². The van der Waals surface area contributed by atoms with Gasteiger partial charge in [0.1, 0.15) is 6.26 Å². The van der Waals surface area contributed by atoms with Crippen LogP contribution in [0.2, 0.25) is 0 Å². The normalized spacial score (nSPS) is 12.6. The number of nitrogens with zero attached hydrogens (tertiary/aromatic N) is 3. The van der Waals surface area contributed by atoms with Crippen LogP contribution in [0.1, 0.15) is 63.0 Å². The summed E-state index contributed by atoms with van der Waals surface area (Å²) < 4.78 is 24.7. The largest absolute Gasteiger partial charge is 0.612 e. The number of aromatic nitrogens is 3. The van der Waals surface area contributed by atoms with E-state index in [9.17, 15) is 14.1 Å². The zero-order chi connectivity index (χ0) is 29.1. The van der Waals surface area contributed by atoms with Crippen molar-refractivity contribution in [1.82, 2.24) is 20.3 Å². The predicted octanol–water partition coefficient (Wildman–Crippen LogP) is 5.01. The molecule has 0 aliphatic rings. The molecule has 0 spiro atoms. The fourth-order valence-electron chi connectivity index (χ4n) is 3.63. The molecule has 0 saturated heterocycles. The van der Waals surface area contributed by atoms with Crippen LogP contribution >= 0.6 is 0 Å². The third-order valence-electron chi connectivity index (χ3n) is 5.83. The van der Waals surface area contributed by atoms with Gasteiger partial charge in [-0.05, 0) is 58.3 Å². The van der Waals surface area contributed by atoms with E-state index >= 15 is 0 Å². The van der Waals surface area contributed by atoms with Crippen LogP contribution < -0.4 is 20.1 Å². The van der Waals surface area contributed by atoms with Gasteiger partial charge in [0, 0.05) is 18.2 Å². The number of carbonyl (C=O) groups excluding carboxylic acids is 2. The Labute approximate surface area is 232 Å². The van der Waals surface area contributed by atoms with Gasteiger partial charge in [-0.1, -0.05) is 57.9 Å². The van der Waals surface area contributed by atoms with E-state index in [1.807, 2.05) is 60.6 Å². The highest BCUT2D eigenvalue weighted by Gasteiger charge is 2.25. The number of ether oxygens (including phenoxy) is 2. The molecule has 0 bridgehead atoms. The molecule has 0 fully saturated rings. The summed E-state index contributed by atoms with van der Waals surface area (Å²) in [6.07, 6.45) is 2.42. The van der Waals surface area contributed by atoms with Crippen LogP contribution in [0.5, 0.6) is 11.6 Å². The highest BCUT2D eigenvalue weighted by atomic mass is 32.2. The van der Waals surface area contributed by atoms with E-state index in [0.29, 0.717) is 34.1 Å². The number of hydrogen-bond acceptors (Lipinski definition) is 7. The predicted molar refractivity (Wildman–Crippen MR) is 152 cm³/mol. The Hall–Kier alpha value is -3.57. The SMILES string of the molecule is COc1c(NC(=O)c2ccc(C)c(-n3cc(OC(=O)NCC(C)(C)C)nn3)c2)cc(C(C)(C)C)cc1[S+](C)[O-]. The number of hydrogen-bond donors (Lipinski definition) is 2. The molecular weight excluding hydrogens is 518 g/mol. The topological polar surface area (TPSA) is 130 Å². The maximum atomic E-state index is 13.4. The summed E-state index contributed by atoms with van der Waals surface area (Å²) in [7, 11) is 1.48. The van der Waals surface area contributed by atoms with Crippen LogP contribution in [-0.4, -0.2) is 51.5 Å². The van der Waals surface area contributed by atoms with Crippen molar-refractivity contribution in [3.63, 3.8) is 0 Å². The lowest BCUT2D eigenvalue weighted by molar-refractivity contribution is 0.102. The van der Waals surface area contributed by atoms with E-state index < -0.39 is 17.3 Å². The van der Waals surface area contributed by atoms with Gasteiger partial charge in [-0.2, -0.15) is 0 Å². The minimum absolute atomic E-state index is 0.0273. The Morgan fingerprint density at radius 1 is 1.10 bits per heavy atom. The van der Waals surface area contributed by atoms with E-state index in [0.717, 1.165) is 11.1 Å². The van der Waals surface area contributed by atoms with E-state index in [2.05, 4.69) is 20.9 Å². The van der Waals surface area contributed by atoms with Gasteiger partial charge < -0.3 is 24.7 Å². The molecule has 210 valence electrons. The molecule has 2 N–H and O–H groups in total. The Morgan fingerprint density at radius 3 is 2.38 bits per heavy atom. The summed E-state index contributed by atoms with van der Waals surface area (Å²) in [4.78, 5) is 26.0. The van der Waals surface area contributed by atoms with Crippen LogP contribution in [0.4, 0.5) is 10.5 Å². The number of amides is 2. The number of nitrogens with one attached hydrogen (secondary N) is 2. The van der Waals surface area contributed by atoms with Gasteiger partial charge in [-0.15, -0.1) is 0 Å².